The number of carbonyl (C=O) groups is 2. The zero-order chi connectivity index (χ0) is 20.8. The van der Waals surface area contributed by atoms with Crippen molar-refractivity contribution in [1.29, 1.82) is 0 Å². The van der Waals surface area contributed by atoms with E-state index in [1.165, 1.54) is 0 Å². The smallest absolute Gasteiger partial charge is 0.338 e. The molecule has 152 valence electrons. The summed E-state index contributed by atoms with van der Waals surface area (Å²) in [6.07, 6.45) is 0. The van der Waals surface area contributed by atoms with Gasteiger partial charge in [0.15, 0.2) is 0 Å². The highest BCUT2D eigenvalue weighted by Crippen LogP contribution is 2.30. The molecule has 0 spiro atoms. The van der Waals surface area contributed by atoms with Crippen molar-refractivity contribution in [3.8, 4) is 11.5 Å². The van der Waals surface area contributed by atoms with Gasteiger partial charge in [0.2, 0.25) is 0 Å². The Bertz CT molecular complexity index is 921. The van der Waals surface area contributed by atoms with Gasteiger partial charge in [-0.25, -0.2) is 9.59 Å². The highest BCUT2D eigenvalue weighted by atomic mass is 16.5. The van der Waals surface area contributed by atoms with Gasteiger partial charge in [0, 0.05) is 5.70 Å². The van der Waals surface area contributed by atoms with E-state index in [0.29, 0.717) is 23.6 Å². The van der Waals surface area contributed by atoms with Crippen molar-refractivity contribution in [2.24, 2.45) is 0 Å². The van der Waals surface area contributed by atoms with Crippen LogP contribution in [0, 0.1) is 0 Å². The third kappa shape index (κ3) is 4.87. The minimum Gasteiger partial charge on any atom is -0.497 e. The van der Waals surface area contributed by atoms with Gasteiger partial charge in [-0.15, -0.1) is 0 Å². The number of carbonyl (C=O) groups excluding carboxylic acids is 2. The summed E-state index contributed by atoms with van der Waals surface area (Å²) in [5, 5.41) is 5.44. The van der Waals surface area contributed by atoms with Crippen LogP contribution in [0.3, 0.4) is 0 Å². The van der Waals surface area contributed by atoms with E-state index in [2.05, 4.69) is 10.6 Å². The molecule has 0 saturated carbocycles. The SMILES string of the molecule is CCOc1cccc(C2NC(=O)NC(C)=C2C(=O)OCc2ccc(OC)cc2)c1. The minimum absolute atomic E-state index is 0.110. The van der Waals surface area contributed by atoms with Crippen LogP contribution in [-0.4, -0.2) is 25.7 Å². The molecule has 0 saturated heterocycles. The Morgan fingerprint density at radius 2 is 1.86 bits per heavy atom. The van der Waals surface area contributed by atoms with Crippen LogP contribution in [-0.2, 0) is 16.1 Å². The van der Waals surface area contributed by atoms with E-state index >= 15 is 0 Å². The van der Waals surface area contributed by atoms with Crippen molar-refractivity contribution in [2.75, 3.05) is 13.7 Å². The van der Waals surface area contributed by atoms with Gasteiger partial charge in [-0.05, 0) is 49.2 Å². The number of nitrogens with one attached hydrogen (secondary N) is 2. The average molecular weight is 396 g/mol. The number of amides is 2. The Kier molecular flexibility index (Phi) is 6.39. The number of benzene rings is 2. The lowest BCUT2D eigenvalue weighted by atomic mass is 9.95. The molecule has 1 aliphatic heterocycles. The number of hydrogen-bond acceptors (Lipinski definition) is 5. The molecule has 0 fully saturated rings. The predicted molar refractivity (Wildman–Crippen MR) is 108 cm³/mol. The maximum Gasteiger partial charge on any atom is 0.338 e. The van der Waals surface area contributed by atoms with Crippen molar-refractivity contribution < 1.29 is 23.8 Å². The monoisotopic (exact) mass is 396 g/mol. The maximum atomic E-state index is 12.9. The van der Waals surface area contributed by atoms with Gasteiger partial charge in [-0.2, -0.15) is 0 Å². The van der Waals surface area contributed by atoms with Crippen molar-refractivity contribution in [3.05, 3.63) is 70.9 Å². The molecule has 3 rings (SSSR count). The van der Waals surface area contributed by atoms with Gasteiger partial charge < -0.3 is 24.8 Å². The summed E-state index contributed by atoms with van der Waals surface area (Å²) >= 11 is 0. The van der Waals surface area contributed by atoms with Gasteiger partial charge in [0.05, 0.1) is 25.3 Å². The Morgan fingerprint density at radius 3 is 2.55 bits per heavy atom. The zero-order valence-corrected chi connectivity index (χ0v) is 16.7. The standard InChI is InChI=1S/C22H24N2O5/c1-4-28-18-7-5-6-16(12-18)20-19(14(2)23-22(26)24-20)21(25)29-13-15-8-10-17(27-3)11-9-15/h5-12,20H,4,13H2,1-3H3,(H2,23,24,26). The Hall–Kier alpha value is -3.48. The molecular weight excluding hydrogens is 372 g/mol. The third-order valence-corrected chi connectivity index (χ3v) is 4.52. The number of urea groups is 1. The lowest BCUT2D eigenvalue weighted by Gasteiger charge is -2.28. The zero-order valence-electron chi connectivity index (χ0n) is 16.7. The van der Waals surface area contributed by atoms with Gasteiger partial charge in [0.1, 0.15) is 18.1 Å². The molecule has 0 aliphatic carbocycles. The first-order chi connectivity index (χ1) is 14.0. The lowest BCUT2D eigenvalue weighted by Crippen LogP contribution is -2.45. The molecule has 2 amide bonds. The van der Waals surface area contributed by atoms with Gasteiger partial charge in [-0.3, -0.25) is 0 Å². The van der Waals surface area contributed by atoms with E-state index in [4.69, 9.17) is 14.2 Å². The van der Waals surface area contributed by atoms with E-state index in [0.717, 1.165) is 16.9 Å². The fourth-order valence-corrected chi connectivity index (χ4v) is 3.11. The van der Waals surface area contributed by atoms with E-state index in [1.807, 2.05) is 43.3 Å². The van der Waals surface area contributed by atoms with Crippen molar-refractivity contribution >= 4 is 12.0 Å². The summed E-state index contributed by atoms with van der Waals surface area (Å²) in [6, 6.07) is 13.6. The average Bonchev–Trinajstić information content (AvgIpc) is 2.72. The summed E-state index contributed by atoms with van der Waals surface area (Å²) in [7, 11) is 1.59. The summed E-state index contributed by atoms with van der Waals surface area (Å²) in [5.41, 5.74) is 2.38. The van der Waals surface area contributed by atoms with Gasteiger partial charge >= 0.3 is 12.0 Å². The number of rotatable bonds is 7. The molecule has 2 N–H and O–H groups in total. The Morgan fingerprint density at radius 1 is 1.10 bits per heavy atom. The summed E-state index contributed by atoms with van der Waals surface area (Å²) < 4.78 is 16.2. The first-order valence-corrected chi connectivity index (χ1v) is 9.33. The molecular formula is C22H24N2O5. The van der Waals surface area contributed by atoms with E-state index in [9.17, 15) is 9.59 Å². The van der Waals surface area contributed by atoms with Crippen LogP contribution in [0.15, 0.2) is 59.8 Å². The topological polar surface area (TPSA) is 85.9 Å². The number of methoxy groups -OCH3 is 1. The third-order valence-electron chi connectivity index (χ3n) is 4.52. The number of hydrogen-bond donors (Lipinski definition) is 2. The summed E-state index contributed by atoms with van der Waals surface area (Å²) in [6.45, 7) is 4.21. The first kappa shape index (κ1) is 20.3. The lowest BCUT2D eigenvalue weighted by molar-refractivity contribution is -0.140. The summed E-state index contributed by atoms with van der Waals surface area (Å²) in [4.78, 5) is 24.9. The predicted octanol–water partition coefficient (Wildman–Crippen LogP) is 3.47. The number of ether oxygens (including phenoxy) is 3. The second-order valence-corrected chi connectivity index (χ2v) is 6.50. The number of esters is 1. The molecule has 0 bridgehead atoms. The molecule has 2 aromatic rings. The first-order valence-electron chi connectivity index (χ1n) is 9.33. The molecule has 0 aromatic heterocycles. The fraction of sp³-hybridized carbons (Fsp3) is 0.273. The molecule has 1 heterocycles. The second kappa shape index (κ2) is 9.14. The molecule has 2 aromatic carbocycles. The summed E-state index contributed by atoms with van der Waals surface area (Å²) in [5.74, 6) is 0.895. The highest BCUT2D eigenvalue weighted by molar-refractivity contribution is 5.95. The molecule has 1 aliphatic rings. The van der Waals surface area contributed by atoms with Gasteiger partial charge in [0.25, 0.3) is 0 Å². The minimum atomic E-state index is -0.632. The number of allylic oxidation sites excluding steroid dienone is 1. The molecule has 7 nitrogen and oxygen atoms in total. The molecule has 7 heteroatoms. The van der Waals surface area contributed by atoms with E-state index < -0.39 is 12.0 Å². The Labute approximate surface area is 169 Å². The van der Waals surface area contributed by atoms with Crippen LogP contribution >= 0.6 is 0 Å². The molecule has 0 radical (unpaired) electrons. The highest BCUT2D eigenvalue weighted by Gasteiger charge is 2.32. The fourth-order valence-electron chi connectivity index (χ4n) is 3.11. The van der Waals surface area contributed by atoms with Crippen LogP contribution < -0.4 is 20.1 Å². The maximum absolute atomic E-state index is 12.9. The van der Waals surface area contributed by atoms with Crippen molar-refractivity contribution in [2.45, 2.75) is 26.5 Å². The second-order valence-electron chi connectivity index (χ2n) is 6.50. The van der Waals surface area contributed by atoms with Gasteiger partial charge in [-0.1, -0.05) is 24.3 Å². The van der Waals surface area contributed by atoms with Crippen LogP contribution in [0.5, 0.6) is 11.5 Å². The Balaban J connectivity index is 1.81. The molecule has 29 heavy (non-hydrogen) atoms. The largest absolute Gasteiger partial charge is 0.497 e. The van der Waals surface area contributed by atoms with E-state index in [1.54, 1.807) is 26.2 Å². The normalized spacial score (nSPS) is 16.0. The van der Waals surface area contributed by atoms with E-state index in [-0.39, 0.29) is 12.6 Å². The van der Waals surface area contributed by atoms with Crippen LogP contribution in [0.4, 0.5) is 4.79 Å². The van der Waals surface area contributed by atoms with Crippen molar-refractivity contribution in [1.82, 2.24) is 10.6 Å². The van der Waals surface area contributed by atoms with Crippen LogP contribution in [0.1, 0.15) is 31.0 Å². The van der Waals surface area contributed by atoms with Crippen molar-refractivity contribution in [3.63, 3.8) is 0 Å². The van der Waals surface area contributed by atoms with Crippen LogP contribution in [0.2, 0.25) is 0 Å². The molecule has 1 atom stereocenters. The molecule has 1 unspecified atom stereocenters. The van der Waals surface area contributed by atoms with Crippen LogP contribution in [0.25, 0.3) is 0 Å². The quantitative estimate of drug-likeness (QED) is 0.700.